The number of benzene rings is 1. The van der Waals surface area contributed by atoms with Crippen LogP contribution in [0.1, 0.15) is 43.9 Å². The first-order chi connectivity index (χ1) is 13.1. The monoisotopic (exact) mass is 373 g/mol. The first kappa shape index (κ1) is 19.4. The van der Waals surface area contributed by atoms with Crippen LogP contribution < -0.4 is 4.74 Å². The van der Waals surface area contributed by atoms with E-state index in [9.17, 15) is 4.79 Å². The molecule has 1 aromatic heterocycles. The molecule has 27 heavy (non-hydrogen) atoms. The van der Waals surface area contributed by atoms with E-state index in [0.29, 0.717) is 24.2 Å². The van der Waals surface area contributed by atoms with Crippen molar-refractivity contribution in [2.75, 3.05) is 13.7 Å². The highest BCUT2D eigenvalue weighted by Gasteiger charge is 2.33. The summed E-state index contributed by atoms with van der Waals surface area (Å²) >= 11 is 0. The van der Waals surface area contributed by atoms with Gasteiger partial charge in [-0.1, -0.05) is 44.2 Å². The second-order valence-corrected chi connectivity index (χ2v) is 7.39. The zero-order valence-electron chi connectivity index (χ0n) is 16.1. The second kappa shape index (κ2) is 9.04. The Kier molecular flexibility index (Phi) is 6.50. The van der Waals surface area contributed by atoms with Gasteiger partial charge in [-0.05, 0) is 35.4 Å². The van der Waals surface area contributed by atoms with Gasteiger partial charge in [0.15, 0.2) is 5.76 Å². The average molecular weight is 373 g/mol. The predicted molar refractivity (Wildman–Crippen MR) is 99.3 cm³/mol. The van der Waals surface area contributed by atoms with Gasteiger partial charge in [-0.15, -0.1) is 0 Å². The molecule has 1 atom stereocenters. The van der Waals surface area contributed by atoms with Crippen LogP contribution >= 0.6 is 0 Å². The van der Waals surface area contributed by atoms with Crippen molar-refractivity contribution < 1.29 is 23.5 Å². The fourth-order valence-electron chi connectivity index (χ4n) is 3.31. The lowest BCUT2D eigenvalue weighted by atomic mass is 9.83. The maximum absolute atomic E-state index is 11.9. The minimum Gasteiger partial charge on any atom is -0.472 e. The molecule has 0 bridgehead atoms. The van der Waals surface area contributed by atoms with Crippen molar-refractivity contribution in [2.45, 2.75) is 45.3 Å². The molecule has 6 nitrogen and oxygen atoms in total. The Morgan fingerprint density at radius 1 is 1.26 bits per heavy atom. The van der Waals surface area contributed by atoms with Crippen molar-refractivity contribution in [3.05, 3.63) is 47.7 Å². The standard InChI is InChI=1S/C21H27NO5/c1-14(2)20(21(23)24-3)18-11-19(22-27-18)26-17-9-16(10-17)13-25-12-15-7-5-4-6-8-15/h4-8,11,14,16-17,20H,9-10,12-13H2,1-3H3/t16-,17-,20?. The Hall–Kier alpha value is -2.34. The maximum atomic E-state index is 11.9. The molecule has 1 aliphatic rings. The van der Waals surface area contributed by atoms with Gasteiger partial charge >= 0.3 is 5.97 Å². The highest BCUT2D eigenvalue weighted by atomic mass is 16.6. The maximum Gasteiger partial charge on any atom is 0.316 e. The van der Waals surface area contributed by atoms with E-state index in [1.165, 1.54) is 12.7 Å². The Morgan fingerprint density at radius 2 is 2.00 bits per heavy atom. The van der Waals surface area contributed by atoms with Crippen LogP contribution in [0.2, 0.25) is 0 Å². The molecule has 0 saturated heterocycles. The number of hydrogen-bond donors (Lipinski definition) is 0. The molecular formula is C21H27NO5. The van der Waals surface area contributed by atoms with Crippen LogP contribution in [0.4, 0.5) is 0 Å². The summed E-state index contributed by atoms with van der Waals surface area (Å²) < 4.78 is 21.8. The summed E-state index contributed by atoms with van der Waals surface area (Å²) in [4.78, 5) is 11.9. The highest BCUT2D eigenvalue weighted by Crippen LogP contribution is 2.33. The second-order valence-electron chi connectivity index (χ2n) is 7.39. The summed E-state index contributed by atoms with van der Waals surface area (Å²) in [6.07, 6.45) is 1.98. The summed E-state index contributed by atoms with van der Waals surface area (Å²) in [5.74, 6) is 0.658. The fourth-order valence-corrected chi connectivity index (χ4v) is 3.31. The van der Waals surface area contributed by atoms with Crippen LogP contribution in [-0.4, -0.2) is 30.9 Å². The van der Waals surface area contributed by atoms with Crippen LogP contribution in [-0.2, 0) is 20.9 Å². The highest BCUT2D eigenvalue weighted by molar-refractivity contribution is 5.77. The zero-order valence-corrected chi connectivity index (χ0v) is 16.1. The summed E-state index contributed by atoms with van der Waals surface area (Å²) in [6, 6.07) is 11.9. The molecule has 3 rings (SSSR count). The number of carbonyl (C=O) groups is 1. The molecule has 0 amide bonds. The van der Waals surface area contributed by atoms with Crippen molar-refractivity contribution in [3.8, 4) is 5.88 Å². The molecule has 1 saturated carbocycles. The number of aromatic nitrogens is 1. The molecular weight excluding hydrogens is 346 g/mol. The Balaban J connectivity index is 1.41. The van der Waals surface area contributed by atoms with Gasteiger partial charge in [-0.3, -0.25) is 4.79 Å². The topological polar surface area (TPSA) is 70.8 Å². The van der Waals surface area contributed by atoms with E-state index in [-0.39, 0.29) is 18.0 Å². The van der Waals surface area contributed by atoms with Crippen molar-refractivity contribution in [3.63, 3.8) is 0 Å². The predicted octanol–water partition coefficient (Wildman–Crippen LogP) is 3.96. The molecule has 146 valence electrons. The van der Waals surface area contributed by atoms with E-state index in [1.54, 1.807) is 6.07 Å². The summed E-state index contributed by atoms with van der Waals surface area (Å²) in [6.45, 7) is 5.25. The van der Waals surface area contributed by atoms with Gasteiger partial charge in [0.1, 0.15) is 12.0 Å². The van der Waals surface area contributed by atoms with Crippen molar-refractivity contribution >= 4 is 5.97 Å². The van der Waals surface area contributed by atoms with Crippen LogP contribution in [0, 0.1) is 11.8 Å². The number of methoxy groups -OCH3 is 1. The van der Waals surface area contributed by atoms with E-state index in [4.69, 9.17) is 18.7 Å². The number of carbonyl (C=O) groups excluding carboxylic acids is 1. The van der Waals surface area contributed by atoms with Gasteiger partial charge in [0.05, 0.1) is 20.3 Å². The Labute approximate surface area is 159 Å². The van der Waals surface area contributed by atoms with Crippen LogP contribution in [0.25, 0.3) is 0 Å². The molecule has 2 aromatic rings. The summed E-state index contributed by atoms with van der Waals surface area (Å²) in [7, 11) is 1.37. The van der Waals surface area contributed by atoms with Gasteiger partial charge in [-0.2, -0.15) is 0 Å². The van der Waals surface area contributed by atoms with Crippen LogP contribution in [0.15, 0.2) is 40.9 Å². The molecule has 1 aliphatic carbocycles. The first-order valence-electron chi connectivity index (χ1n) is 9.39. The molecule has 6 heteroatoms. The minimum atomic E-state index is -0.472. The molecule has 1 fully saturated rings. The van der Waals surface area contributed by atoms with Gasteiger partial charge in [-0.25, -0.2) is 0 Å². The SMILES string of the molecule is COC(=O)C(c1cc(O[C@H]2C[C@H](COCc3ccccc3)C2)no1)C(C)C. The van der Waals surface area contributed by atoms with E-state index in [1.807, 2.05) is 32.0 Å². The van der Waals surface area contributed by atoms with E-state index in [2.05, 4.69) is 17.3 Å². The van der Waals surface area contributed by atoms with Gasteiger partial charge < -0.3 is 18.7 Å². The first-order valence-corrected chi connectivity index (χ1v) is 9.39. The van der Waals surface area contributed by atoms with Crippen molar-refractivity contribution in [2.24, 2.45) is 11.8 Å². The lowest BCUT2D eigenvalue weighted by Crippen LogP contribution is -2.36. The number of esters is 1. The third kappa shape index (κ3) is 5.10. The lowest BCUT2D eigenvalue weighted by Gasteiger charge is -2.34. The summed E-state index contributed by atoms with van der Waals surface area (Å²) in [5, 5.41) is 3.95. The van der Waals surface area contributed by atoms with Gasteiger partial charge in [0.25, 0.3) is 5.88 Å². The van der Waals surface area contributed by atoms with Crippen LogP contribution in [0.3, 0.4) is 0 Å². The number of hydrogen-bond acceptors (Lipinski definition) is 6. The Morgan fingerprint density at radius 3 is 2.67 bits per heavy atom. The van der Waals surface area contributed by atoms with Crippen LogP contribution in [0.5, 0.6) is 5.88 Å². The molecule has 0 N–H and O–H groups in total. The normalized spacial score (nSPS) is 20.1. The number of ether oxygens (including phenoxy) is 3. The minimum absolute atomic E-state index is 0.0492. The molecule has 0 spiro atoms. The average Bonchev–Trinajstić information content (AvgIpc) is 3.08. The zero-order chi connectivity index (χ0) is 19.2. The molecule has 1 aromatic carbocycles. The molecule has 1 unspecified atom stereocenters. The third-order valence-corrected chi connectivity index (χ3v) is 4.88. The third-order valence-electron chi connectivity index (χ3n) is 4.88. The van der Waals surface area contributed by atoms with Crippen molar-refractivity contribution in [1.82, 2.24) is 5.16 Å². The quantitative estimate of drug-likeness (QED) is 0.620. The smallest absolute Gasteiger partial charge is 0.316 e. The van der Waals surface area contributed by atoms with Gasteiger partial charge in [0, 0.05) is 6.07 Å². The Bertz CT molecular complexity index is 721. The lowest BCUT2D eigenvalue weighted by molar-refractivity contribution is -0.144. The molecule has 0 radical (unpaired) electrons. The van der Waals surface area contributed by atoms with E-state index in [0.717, 1.165) is 19.4 Å². The van der Waals surface area contributed by atoms with E-state index >= 15 is 0 Å². The molecule has 1 heterocycles. The largest absolute Gasteiger partial charge is 0.472 e. The summed E-state index contributed by atoms with van der Waals surface area (Å²) in [5.41, 5.74) is 1.19. The van der Waals surface area contributed by atoms with Crippen molar-refractivity contribution in [1.29, 1.82) is 0 Å². The molecule has 0 aliphatic heterocycles. The fraction of sp³-hybridized carbons (Fsp3) is 0.524. The number of nitrogens with zero attached hydrogens (tertiary/aromatic N) is 1. The number of rotatable bonds is 9. The van der Waals surface area contributed by atoms with Gasteiger partial charge in [0.2, 0.25) is 0 Å². The van der Waals surface area contributed by atoms with E-state index < -0.39 is 5.92 Å².